The SMILES string of the molecule is CCN(Cc1ccc(-n2cncn2)c(C)c1)C1CCS(=O)(=O)C1. The van der Waals surface area contributed by atoms with Gasteiger partial charge in [0.05, 0.1) is 17.2 Å². The fourth-order valence-electron chi connectivity index (χ4n) is 3.20. The highest BCUT2D eigenvalue weighted by Gasteiger charge is 2.31. The summed E-state index contributed by atoms with van der Waals surface area (Å²) in [6.45, 7) is 5.76. The molecule has 0 saturated carbocycles. The fourth-order valence-corrected chi connectivity index (χ4v) is 4.96. The molecule has 6 nitrogen and oxygen atoms in total. The van der Waals surface area contributed by atoms with Crippen molar-refractivity contribution in [3.8, 4) is 5.69 Å². The summed E-state index contributed by atoms with van der Waals surface area (Å²) in [6.07, 6.45) is 3.95. The maximum atomic E-state index is 11.7. The molecule has 1 aliphatic rings. The van der Waals surface area contributed by atoms with Gasteiger partial charge in [-0.05, 0) is 37.1 Å². The van der Waals surface area contributed by atoms with E-state index in [1.165, 1.54) is 11.9 Å². The lowest BCUT2D eigenvalue weighted by Crippen LogP contribution is -2.35. The molecule has 0 radical (unpaired) electrons. The summed E-state index contributed by atoms with van der Waals surface area (Å²) in [6, 6.07) is 6.40. The number of benzene rings is 1. The van der Waals surface area contributed by atoms with Crippen LogP contribution in [0.2, 0.25) is 0 Å². The maximum Gasteiger partial charge on any atom is 0.151 e. The minimum atomic E-state index is -2.85. The third kappa shape index (κ3) is 3.61. The highest BCUT2D eigenvalue weighted by Crippen LogP contribution is 2.21. The highest BCUT2D eigenvalue weighted by molar-refractivity contribution is 7.91. The molecule has 2 aromatic rings. The predicted molar refractivity (Wildman–Crippen MR) is 89.2 cm³/mol. The van der Waals surface area contributed by atoms with Crippen molar-refractivity contribution in [2.24, 2.45) is 0 Å². The Hall–Kier alpha value is -1.73. The summed E-state index contributed by atoms with van der Waals surface area (Å²) in [5.74, 6) is 0.606. The molecule has 2 heterocycles. The molecule has 1 atom stereocenters. The third-order valence-corrected chi connectivity index (χ3v) is 6.19. The average molecular weight is 334 g/mol. The van der Waals surface area contributed by atoms with E-state index < -0.39 is 9.84 Å². The van der Waals surface area contributed by atoms with E-state index in [1.807, 2.05) is 6.07 Å². The van der Waals surface area contributed by atoms with Crippen LogP contribution in [0.5, 0.6) is 0 Å². The van der Waals surface area contributed by atoms with E-state index in [0.717, 1.165) is 30.8 Å². The number of hydrogen-bond acceptors (Lipinski definition) is 5. The lowest BCUT2D eigenvalue weighted by atomic mass is 10.1. The smallest absolute Gasteiger partial charge is 0.151 e. The Bertz CT molecular complexity index is 771. The van der Waals surface area contributed by atoms with E-state index in [9.17, 15) is 8.42 Å². The molecule has 0 aliphatic carbocycles. The summed E-state index contributed by atoms with van der Waals surface area (Å²) in [5, 5.41) is 4.16. The second-order valence-corrected chi connectivity index (χ2v) is 8.31. The molecule has 1 aromatic heterocycles. The van der Waals surface area contributed by atoms with Crippen LogP contribution in [-0.2, 0) is 16.4 Å². The molecule has 7 heteroatoms. The van der Waals surface area contributed by atoms with E-state index in [2.05, 4.69) is 41.0 Å². The standard InChI is InChI=1S/C16H22N4O2S/c1-3-19(15-6-7-23(21,22)10-15)9-14-4-5-16(13(2)8-14)20-12-17-11-18-20/h4-5,8,11-12,15H,3,6-7,9-10H2,1-2H3. The first-order chi connectivity index (χ1) is 11.0. The first-order valence-electron chi connectivity index (χ1n) is 7.87. The molecule has 1 aliphatic heterocycles. The van der Waals surface area contributed by atoms with Gasteiger partial charge >= 0.3 is 0 Å². The van der Waals surface area contributed by atoms with Crippen LogP contribution in [0.25, 0.3) is 5.69 Å². The van der Waals surface area contributed by atoms with Gasteiger partial charge in [-0.15, -0.1) is 0 Å². The zero-order valence-corrected chi connectivity index (χ0v) is 14.3. The summed E-state index contributed by atoms with van der Waals surface area (Å²) in [5.41, 5.74) is 3.33. The minimum absolute atomic E-state index is 0.139. The van der Waals surface area contributed by atoms with Gasteiger partial charge in [-0.2, -0.15) is 5.10 Å². The van der Waals surface area contributed by atoms with Gasteiger partial charge in [0.2, 0.25) is 0 Å². The van der Waals surface area contributed by atoms with Gasteiger partial charge < -0.3 is 0 Å². The molecule has 1 fully saturated rings. The van der Waals surface area contributed by atoms with Crippen LogP contribution in [0.1, 0.15) is 24.5 Å². The van der Waals surface area contributed by atoms with Crippen LogP contribution in [0.3, 0.4) is 0 Å². The van der Waals surface area contributed by atoms with E-state index in [1.54, 1.807) is 11.0 Å². The van der Waals surface area contributed by atoms with Crippen molar-refractivity contribution in [3.63, 3.8) is 0 Å². The second kappa shape index (κ2) is 6.41. The van der Waals surface area contributed by atoms with E-state index in [0.29, 0.717) is 5.75 Å². The quantitative estimate of drug-likeness (QED) is 0.830. The first kappa shape index (κ1) is 16.1. The van der Waals surface area contributed by atoms with Crippen molar-refractivity contribution >= 4 is 9.84 Å². The molecule has 3 rings (SSSR count). The lowest BCUT2D eigenvalue weighted by Gasteiger charge is -2.26. The number of sulfone groups is 1. The Balaban J connectivity index is 1.75. The zero-order valence-electron chi connectivity index (χ0n) is 13.5. The summed E-state index contributed by atoms with van der Waals surface area (Å²) in [7, 11) is -2.85. The minimum Gasteiger partial charge on any atom is -0.295 e. The van der Waals surface area contributed by atoms with Gasteiger partial charge in [0.25, 0.3) is 0 Å². The van der Waals surface area contributed by atoms with Gasteiger partial charge in [0.15, 0.2) is 9.84 Å². The monoisotopic (exact) mass is 334 g/mol. The maximum absolute atomic E-state index is 11.7. The molecule has 0 N–H and O–H groups in total. The Labute approximate surface area is 137 Å². The van der Waals surface area contributed by atoms with Crippen molar-refractivity contribution in [3.05, 3.63) is 42.0 Å². The number of aryl methyl sites for hydroxylation is 1. The van der Waals surface area contributed by atoms with Crippen LogP contribution < -0.4 is 0 Å². The molecule has 0 spiro atoms. The molecule has 124 valence electrons. The van der Waals surface area contributed by atoms with Gasteiger partial charge in [0, 0.05) is 12.6 Å². The van der Waals surface area contributed by atoms with Crippen LogP contribution >= 0.6 is 0 Å². The van der Waals surface area contributed by atoms with Crippen molar-refractivity contribution in [1.29, 1.82) is 0 Å². The molecule has 1 unspecified atom stereocenters. The molecule has 23 heavy (non-hydrogen) atoms. The van der Waals surface area contributed by atoms with Crippen LogP contribution in [0.15, 0.2) is 30.9 Å². The van der Waals surface area contributed by atoms with Gasteiger partial charge in [-0.1, -0.05) is 19.1 Å². The van der Waals surface area contributed by atoms with Crippen LogP contribution in [-0.4, -0.2) is 52.2 Å². The highest BCUT2D eigenvalue weighted by atomic mass is 32.2. The van der Waals surface area contributed by atoms with Gasteiger partial charge in [-0.3, -0.25) is 4.90 Å². The molecule has 1 aromatic carbocycles. The number of rotatable bonds is 5. The number of aromatic nitrogens is 3. The fraction of sp³-hybridized carbons (Fsp3) is 0.500. The van der Waals surface area contributed by atoms with Gasteiger partial charge in [-0.25, -0.2) is 18.1 Å². The number of nitrogens with zero attached hydrogens (tertiary/aromatic N) is 4. The Morgan fingerprint density at radius 1 is 1.39 bits per heavy atom. The summed E-state index contributed by atoms with van der Waals surface area (Å²) < 4.78 is 25.2. The average Bonchev–Trinajstić information content (AvgIpc) is 3.14. The first-order valence-corrected chi connectivity index (χ1v) is 9.69. The van der Waals surface area contributed by atoms with Gasteiger partial charge in [0.1, 0.15) is 12.7 Å². The molecular formula is C16H22N4O2S. The van der Waals surface area contributed by atoms with E-state index >= 15 is 0 Å². The molecular weight excluding hydrogens is 312 g/mol. The molecule has 0 bridgehead atoms. The van der Waals surface area contributed by atoms with E-state index in [4.69, 9.17) is 0 Å². The third-order valence-electron chi connectivity index (χ3n) is 4.44. The van der Waals surface area contributed by atoms with E-state index in [-0.39, 0.29) is 11.8 Å². The molecule has 1 saturated heterocycles. The second-order valence-electron chi connectivity index (χ2n) is 6.08. The largest absolute Gasteiger partial charge is 0.295 e. The Kier molecular flexibility index (Phi) is 4.50. The Morgan fingerprint density at radius 2 is 2.22 bits per heavy atom. The van der Waals surface area contributed by atoms with Crippen molar-refractivity contribution in [2.45, 2.75) is 32.9 Å². The molecule has 0 amide bonds. The topological polar surface area (TPSA) is 68.1 Å². The predicted octanol–water partition coefficient (Wildman–Crippen LogP) is 1.58. The number of hydrogen-bond donors (Lipinski definition) is 0. The Morgan fingerprint density at radius 3 is 2.78 bits per heavy atom. The zero-order chi connectivity index (χ0) is 16.4. The summed E-state index contributed by atoms with van der Waals surface area (Å²) >= 11 is 0. The van der Waals surface area contributed by atoms with Crippen molar-refractivity contribution in [1.82, 2.24) is 19.7 Å². The van der Waals surface area contributed by atoms with Crippen LogP contribution in [0, 0.1) is 6.92 Å². The van der Waals surface area contributed by atoms with Crippen LogP contribution in [0.4, 0.5) is 0 Å². The lowest BCUT2D eigenvalue weighted by molar-refractivity contribution is 0.215. The normalized spacial score (nSPS) is 20.2. The summed E-state index contributed by atoms with van der Waals surface area (Å²) in [4.78, 5) is 6.23. The van der Waals surface area contributed by atoms with Crippen molar-refractivity contribution < 1.29 is 8.42 Å². The van der Waals surface area contributed by atoms with Crippen molar-refractivity contribution in [2.75, 3.05) is 18.1 Å².